The fourth-order valence-electron chi connectivity index (χ4n) is 5.93. The molecule has 1 aromatic rings. The minimum atomic E-state index is -1.32. The topological polar surface area (TPSA) is 108 Å². The Balaban J connectivity index is 1.36. The Morgan fingerprint density at radius 3 is 2.29 bits per heavy atom. The Morgan fingerprint density at radius 1 is 1.06 bits per heavy atom. The Labute approximate surface area is 191 Å². The van der Waals surface area contributed by atoms with Gasteiger partial charge in [-0.1, -0.05) is 29.3 Å². The van der Waals surface area contributed by atoms with Gasteiger partial charge in [0.05, 0.1) is 22.2 Å². The molecule has 1 aromatic carbocycles. The van der Waals surface area contributed by atoms with Gasteiger partial charge in [0.1, 0.15) is 6.04 Å². The summed E-state index contributed by atoms with van der Waals surface area (Å²) in [7, 11) is 0. The van der Waals surface area contributed by atoms with Gasteiger partial charge in [-0.05, 0) is 74.8 Å². The minimum absolute atomic E-state index is 0.00566. The number of fused-ring (bicyclic) bond motifs is 1. The van der Waals surface area contributed by atoms with Crippen molar-refractivity contribution in [2.24, 2.45) is 17.8 Å². The van der Waals surface area contributed by atoms with Gasteiger partial charge in [0.2, 0.25) is 0 Å². The highest BCUT2D eigenvalue weighted by Gasteiger charge is 2.48. The number of rotatable bonds is 6. The van der Waals surface area contributed by atoms with Gasteiger partial charge in [0.15, 0.2) is 0 Å². The smallest absolute Gasteiger partial charge is 0.328 e. The second kappa shape index (κ2) is 8.87. The summed E-state index contributed by atoms with van der Waals surface area (Å²) in [5, 5.41) is 17.9. The van der Waals surface area contributed by atoms with E-state index in [1.165, 1.54) is 31.4 Å². The van der Waals surface area contributed by atoms with Gasteiger partial charge in [0, 0.05) is 5.54 Å². The number of carboxylic acid groups (broad SMARTS) is 1. The third-order valence-corrected chi connectivity index (χ3v) is 7.66. The number of hydrogen-bond acceptors (Lipinski definition) is 3. The highest BCUT2D eigenvalue weighted by atomic mass is 35.5. The van der Waals surface area contributed by atoms with Crippen LogP contribution >= 0.6 is 23.2 Å². The number of aliphatic carboxylic acids is 1. The van der Waals surface area contributed by atoms with Crippen molar-refractivity contribution in [1.29, 1.82) is 0 Å². The van der Waals surface area contributed by atoms with E-state index >= 15 is 0 Å². The molecule has 0 heterocycles. The largest absolute Gasteiger partial charge is 0.480 e. The molecule has 3 unspecified atom stereocenters. The SMILES string of the molecule is O=C(NCC(NC(=O)c1c(Cl)cccc1Cl)C(=O)O)NC12CCC3CC(CC(C3)C1)C2. The van der Waals surface area contributed by atoms with Gasteiger partial charge in [-0.25, -0.2) is 9.59 Å². The van der Waals surface area contributed by atoms with Gasteiger partial charge < -0.3 is 21.1 Å². The van der Waals surface area contributed by atoms with E-state index in [-0.39, 0.29) is 27.7 Å². The van der Waals surface area contributed by atoms with Crippen molar-refractivity contribution in [3.63, 3.8) is 0 Å². The van der Waals surface area contributed by atoms with E-state index in [4.69, 9.17) is 23.2 Å². The van der Waals surface area contributed by atoms with E-state index in [0.717, 1.165) is 31.6 Å². The monoisotopic (exact) mass is 467 g/mol. The minimum Gasteiger partial charge on any atom is -0.480 e. The number of amides is 3. The summed E-state index contributed by atoms with van der Waals surface area (Å²) in [6, 6.07) is 2.88. The van der Waals surface area contributed by atoms with Gasteiger partial charge >= 0.3 is 12.0 Å². The zero-order valence-corrected chi connectivity index (χ0v) is 18.6. The summed E-state index contributed by atoms with van der Waals surface area (Å²) >= 11 is 12.1. The molecule has 7 nitrogen and oxygen atoms in total. The maximum atomic E-state index is 12.7. The van der Waals surface area contributed by atoms with Crippen LogP contribution in [0.4, 0.5) is 4.79 Å². The van der Waals surface area contributed by atoms with Crippen molar-refractivity contribution in [3.05, 3.63) is 33.8 Å². The number of nitrogens with one attached hydrogen (secondary N) is 3. The van der Waals surface area contributed by atoms with Crippen LogP contribution in [0.1, 0.15) is 55.3 Å². The van der Waals surface area contributed by atoms with Gasteiger partial charge in [-0.2, -0.15) is 0 Å². The molecule has 5 rings (SSSR count). The summed E-state index contributed by atoms with van der Waals surface area (Å²) in [6.07, 6.45) is 7.90. The zero-order valence-electron chi connectivity index (χ0n) is 17.1. The fourth-order valence-corrected chi connectivity index (χ4v) is 6.50. The molecule has 4 N–H and O–H groups in total. The maximum Gasteiger partial charge on any atom is 0.328 e. The standard InChI is InChI=1S/C22H27Cl2N3O4/c23-15-2-1-3-16(24)18(15)19(28)26-17(20(29)30)11-25-21(31)27-22-5-4-12-6-13(9-22)8-14(7-12)10-22/h1-3,12-14,17H,4-11H2,(H,26,28)(H,29,30)(H2,25,27,31). The van der Waals surface area contributed by atoms with Gasteiger partial charge in [-0.15, -0.1) is 0 Å². The molecule has 0 saturated heterocycles. The molecule has 31 heavy (non-hydrogen) atoms. The van der Waals surface area contributed by atoms with Crippen molar-refractivity contribution in [2.45, 2.75) is 56.5 Å². The van der Waals surface area contributed by atoms with Crippen LogP contribution in [0.15, 0.2) is 18.2 Å². The highest BCUT2D eigenvalue weighted by Crippen LogP contribution is 2.52. The van der Waals surface area contributed by atoms with Crippen LogP contribution in [0.25, 0.3) is 0 Å². The molecule has 3 amide bonds. The first-order valence-corrected chi connectivity index (χ1v) is 11.5. The van der Waals surface area contributed by atoms with E-state index in [0.29, 0.717) is 11.8 Å². The molecule has 0 aliphatic heterocycles. The molecule has 9 heteroatoms. The molecule has 3 atom stereocenters. The lowest BCUT2D eigenvalue weighted by Crippen LogP contribution is -2.57. The number of carbonyl (C=O) groups excluding carboxylic acids is 2. The Kier molecular flexibility index (Phi) is 6.35. The van der Waals surface area contributed by atoms with E-state index in [2.05, 4.69) is 16.0 Å². The first-order chi connectivity index (χ1) is 14.7. The van der Waals surface area contributed by atoms with Crippen LogP contribution in [0.5, 0.6) is 0 Å². The van der Waals surface area contributed by atoms with Crippen LogP contribution in [0, 0.1) is 17.8 Å². The number of urea groups is 1. The number of carbonyl (C=O) groups is 3. The third-order valence-electron chi connectivity index (χ3n) is 7.03. The van der Waals surface area contributed by atoms with E-state index in [9.17, 15) is 19.5 Å². The zero-order chi connectivity index (χ0) is 22.2. The Bertz CT molecular complexity index is 859. The molecule has 168 valence electrons. The number of benzene rings is 1. The Hall–Kier alpha value is -1.99. The van der Waals surface area contributed by atoms with Gasteiger partial charge in [0.25, 0.3) is 5.91 Å². The summed E-state index contributed by atoms with van der Waals surface area (Å²) in [4.78, 5) is 36.8. The predicted molar refractivity (Wildman–Crippen MR) is 117 cm³/mol. The quantitative estimate of drug-likeness (QED) is 0.509. The van der Waals surface area contributed by atoms with E-state index < -0.39 is 23.9 Å². The average molecular weight is 468 g/mol. The maximum absolute atomic E-state index is 12.7. The molecule has 0 spiro atoms. The van der Waals surface area contributed by atoms with Crippen molar-refractivity contribution in [2.75, 3.05) is 6.54 Å². The summed E-state index contributed by atoms with van der Waals surface area (Å²) in [6.45, 7) is -0.249. The van der Waals surface area contributed by atoms with Crippen LogP contribution in [0.2, 0.25) is 10.0 Å². The van der Waals surface area contributed by atoms with Crippen molar-refractivity contribution < 1.29 is 19.5 Å². The molecular formula is C22H27Cl2N3O4. The number of halogens is 2. The second-order valence-electron chi connectivity index (χ2n) is 9.33. The Morgan fingerprint density at radius 2 is 1.68 bits per heavy atom. The van der Waals surface area contributed by atoms with Gasteiger partial charge in [-0.3, -0.25) is 4.79 Å². The molecule has 4 aliphatic carbocycles. The number of hydrogen-bond donors (Lipinski definition) is 4. The molecule has 4 saturated carbocycles. The van der Waals surface area contributed by atoms with Crippen molar-refractivity contribution in [1.82, 2.24) is 16.0 Å². The first-order valence-electron chi connectivity index (χ1n) is 10.8. The van der Waals surface area contributed by atoms with Crippen molar-refractivity contribution >= 4 is 41.1 Å². The lowest BCUT2D eigenvalue weighted by Gasteiger charge is -2.45. The summed E-state index contributed by atoms with van der Waals surface area (Å²) in [5.41, 5.74) is -0.193. The molecule has 0 aromatic heterocycles. The van der Waals surface area contributed by atoms with Crippen LogP contribution < -0.4 is 16.0 Å². The van der Waals surface area contributed by atoms with E-state index in [1.807, 2.05) is 0 Å². The molecule has 0 radical (unpaired) electrons. The lowest BCUT2D eigenvalue weighted by atomic mass is 9.65. The average Bonchev–Trinajstić information content (AvgIpc) is 2.88. The van der Waals surface area contributed by atoms with Crippen LogP contribution in [0.3, 0.4) is 0 Å². The summed E-state index contributed by atoms with van der Waals surface area (Å²) in [5.74, 6) is 0.158. The molecule has 4 aliphatic rings. The van der Waals surface area contributed by atoms with Crippen molar-refractivity contribution in [3.8, 4) is 0 Å². The number of carboxylic acids is 1. The third kappa shape index (κ3) is 4.93. The first kappa shape index (κ1) is 22.2. The van der Waals surface area contributed by atoms with Crippen LogP contribution in [-0.4, -0.2) is 41.1 Å². The van der Waals surface area contributed by atoms with Crippen LogP contribution in [-0.2, 0) is 4.79 Å². The predicted octanol–water partition coefficient (Wildman–Crippen LogP) is 3.83. The molecular weight excluding hydrogens is 441 g/mol. The van der Waals surface area contributed by atoms with E-state index in [1.54, 1.807) is 6.07 Å². The fraction of sp³-hybridized carbons (Fsp3) is 0.591. The summed E-state index contributed by atoms with van der Waals surface area (Å²) < 4.78 is 0. The molecule has 4 bridgehead atoms. The highest BCUT2D eigenvalue weighted by molar-refractivity contribution is 6.39. The normalized spacial score (nSPS) is 29.7. The second-order valence-corrected chi connectivity index (χ2v) is 10.1. The molecule has 4 fully saturated rings. The lowest BCUT2D eigenvalue weighted by molar-refractivity contribution is -0.139.